The van der Waals surface area contributed by atoms with Crippen LogP contribution in [-0.2, 0) is 10.8 Å². The number of nitrogens with zero attached hydrogens (tertiary/aromatic N) is 1. The lowest BCUT2D eigenvalue weighted by Crippen LogP contribution is -2.32. The number of fused-ring (bicyclic) bond motifs is 14. The van der Waals surface area contributed by atoms with E-state index in [1.54, 1.807) is 5.56 Å². The van der Waals surface area contributed by atoms with Gasteiger partial charge in [0.25, 0.3) is 0 Å². The first kappa shape index (κ1) is 37.9. The highest BCUT2D eigenvalue weighted by molar-refractivity contribution is 6.12. The Balaban J connectivity index is 0.924. The first-order valence-electron chi connectivity index (χ1n) is 23.9. The number of rotatable bonds is 6. The number of benzene rings is 9. The van der Waals surface area contributed by atoms with E-state index >= 15 is 0 Å². The predicted molar refractivity (Wildman–Crippen MR) is 274 cm³/mol. The standard InChI is InChI=1S/C64H49NO/c1-63(2)56-24-8-5-19-51(56)54-23-12-22-53(62(54)63)49-17-4-3-16-47(49)41-29-32-44(33-30-41)65(45-15-11-14-42(37-45)48-21-13-27-60-61(48)55-20-7-10-26-59(55)66-60)46-34-35-52-50-18-6-9-25-57(50)64(58(52)38-46)39-40-28-31-43(64)36-40/h3-27,29-30,32-35,37-38,40,43H,28,31,36,39H2,1-2H3. The zero-order valence-corrected chi connectivity index (χ0v) is 37.4. The van der Waals surface area contributed by atoms with E-state index in [2.05, 4.69) is 219 Å². The summed E-state index contributed by atoms with van der Waals surface area (Å²) >= 11 is 0. The molecule has 0 saturated heterocycles. The maximum absolute atomic E-state index is 6.39. The summed E-state index contributed by atoms with van der Waals surface area (Å²) in [5.41, 5.74) is 24.0. The molecule has 2 bridgehead atoms. The van der Waals surface area contributed by atoms with Crippen LogP contribution in [0.15, 0.2) is 205 Å². The number of para-hydroxylation sites is 1. The minimum atomic E-state index is -0.112. The van der Waals surface area contributed by atoms with Crippen LogP contribution < -0.4 is 4.90 Å². The molecule has 0 N–H and O–H groups in total. The molecule has 316 valence electrons. The van der Waals surface area contributed by atoms with Crippen LogP contribution in [0.25, 0.3) is 77.6 Å². The van der Waals surface area contributed by atoms with Crippen molar-refractivity contribution >= 4 is 39.0 Å². The van der Waals surface area contributed by atoms with Gasteiger partial charge >= 0.3 is 0 Å². The van der Waals surface area contributed by atoms with Gasteiger partial charge in [0.05, 0.1) is 0 Å². The largest absolute Gasteiger partial charge is 0.456 e. The van der Waals surface area contributed by atoms with E-state index in [0.29, 0.717) is 5.92 Å². The Bertz CT molecular complexity index is 3610. The Kier molecular flexibility index (Phi) is 8.06. The molecular formula is C64H49NO. The van der Waals surface area contributed by atoms with E-state index in [0.717, 1.165) is 39.2 Å². The van der Waals surface area contributed by atoms with Gasteiger partial charge in [0.1, 0.15) is 11.2 Å². The highest BCUT2D eigenvalue weighted by atomic mass is 16.3. The average Bonchev–Trinajstić information content (AvgIpc) is 4.19. The number of hydrogen-bond donors (Lipinski definition) is 0. The van der Waals surface area contributed by atoms with Crippen molar-refractivity contribution in [2.24, 2.45) is 11.8 Å². The fourth-order valence-electron chi connectivity index (χ4n) is 13.6. The summed E-state index contributed by atoms with van der Waals surface area (Å²) in [6.45, 7) is 4.77. The first-order valence-corrected chi connectivity index (χ1v) is 23.9. The molecule has 1 heterocycles. The van der Waals surface area contributed by atoms with Crippen LogP contribution in [0.1, 0.15) is 61.8 Å². The Morgan fingerprint density at radius 3 is 1.85 bits per heavy atom. The van der Waals surface area contributed by atoms with Crippen LogP contribution in [0.2, 0.25) is 0 Å². The summed E-state index contributed by atoms with van der Waals surface area (Å²) < 4.78 is 6.39. The Hall–Kier alpha value is -7.42. The van der Waals surface area contributed by atoms with Gasteiger partial charge in [-0.05, 0) is 158 Å². The van der Waals surface area contributed by atoms with Crippen molar-refractivity contribution in [3.8, 4) is 55.6 Å². The molecule has 66 heavy (non-hydrogen) atoms. The minimum absolute atomic E-state index is 0.0808. The van der Waals surface area contributed by atoms with E-state index in [1.165, 1.54) is 104 Å². The van der Waals surface area contributed by atoms with Crippen molar-refractivity contribution < 1.29 is 4.42 Å². The molecule has 2 nitrogen and oxygen atoms in total. The monoisotopic (exact) mass is 847 g/mol. The molecule has 10 aromatic rings. The van der Waals surface area contributed by atoms with Crippen LogP contribution in [0, 0.1) is 11.8 Å². The fraction of sp³-hybridized carbons (Fsp3) is 0.156. The molecular weight excluding hydrogens is 799 g/mol. The molecule has 2 saturated carbocycles. The number of anilines is 3. The normalized spacial score (nSPS) is 19.3. The van der Waals surface area contributed by atoms with Gasteiger partial charge in [0, 0.05) is 38.7 Å². The first-order chi connectivity index (χ1) is 32.5. The highest BCUT2D eigenvalue weighted by Gasteiger charge is 2.56. The van der Waals surface area contributed by atoms with Gasteiger partial charge in [-0.3, -0.25) is 0 Å². The van der Waals surface area contributed by atoms with E-state index in [-0.39, 0.29) is 10.8 Å². The van der Waals surface area contributed by atoms with Crippen molar-refractivity contribution in [3.05, 3.63) is 222 Å². The molecule has 3 atom stereocenters. The van der Waals surface area contributed by atoms with E-state index in [4.69, 9.17) is 4.42 Å². The van der Waals surface area contributed by atoms with Crippen molar-refractivity contribution in [3.63, 3.8) is 0 Å². The topological polar surface area (TPSA) is 16.4 Å². The summed E-state index contributed by atoms with van der Waals surface area (Å²) in [6, 6.07) is 74.9. The number of hydrogen-bond acceptors (Lipinski definition) is 2. The lowest BCUT2D eigenvalue weighted by atomic mass is 9.67. The van der Waals surface area contributed by atoms with E-state index in [9.17, 15) is 0 Å². The van der Waals surface area contributed by atoms with Gasteiger partial charge in [0.15, 0.2) is 0 Å². The van der Waals surface area contributed by atoms with Crippen molar-refractivity contribution in [1.29, 1.82) is 0 Å². The van der Waals surface area contributed by atoms with Gasteiger partial charge in [-0.15, -0.1) is 0 Å². The van der Waals surface area contributed by atoms with Crippen LogP contribution in [0.5, 0.6) is 0 Å². The van der Waals surface area contributed by atoms with Gasteiger partial charge in [-0.2, -0.15) is 0 Å². The lowest BCUT2D eigenvalue weighted by molar-refractivity contribution is 0.327. The van der Waals surface area contributed by atoms with E-state index in [1.807, 2.05) is 0 Å². The van der Waals surface area contributed by atoms with Gasteiger partial charge in [0.2, 0.25) is 0 Å². The van der Waals surface area contributed by atoms with Crippen molar-refractivity contribution in [2.45, 2.75) is 50.4 Å². The van der Waals surface area contributed by atoms with Crippen LogP contribution in [0.4, 0.5) is 17.1 Å². The minimum Gasteiger partial charge on any atom is -0.456 e. The molecule has 0 aliphatic heterocycles. The molecule has 1 aromatic heterocycles. The summed E-state index contributed by atoms with van der Waals surface area (Å²) in [7, 11) is 0. The highest BCUT2D eigenvalue weighted by Crippen LogP contribution is 2.66. The maximum atomic E-state index is 6.39. The average molecular weight is 848 g/mol. The lowest BCUT2D eigenvalue weighted by Gasteiger charge is -2.37. The second kappa shape index (κ2) is 14.0. The van der Waals surface area contributed by atoms with Crippen LogP contribution in [-0.4, -0.2) is 0 Å². The molecule has 3 unspecified atom stereocenters. The molecule has 4 aliphatic rings. The molecule has 9 aromatic carbocycles. The second-order valence-electron chi connectivity index (χ2n) is 20.0. The number of furan rings is 1. The molecule has 0 amide bonds. The third kappa shape index (κ3) is 5.30. The van der Waals surface area contributed by atoms with Gasteiger partial charge < -0.3 is 9.32 Å². The molecule has 0 radical (unpaired) electrons. The van der Waals surface area contributed by atoms with Crippen molar-refractivity contribution in [2.75, 3.05) is 4.90 Å². The summed E-state index contributed by atoms with van der Waals surface area (Å²) in [6.07, 6.45) is 5.29. The maximum Gasteiger partial charge on any atom is 0.136 e. The van der Waals surface area contributed by atoms with Gasteiger partial charge in [-0.1, -0.05) is 172 Å². The zero-order valence-electron chi connectivity index (χ0n) is 37.4. The third-order valence-electron chi connectivity index (χ3n) is 16.3. The fourth-order valence-corrected chi connectivity index (χ4v) is 13.6. The summed E-state index contributed by atoms with van der Waals surface area (Å²) in [5, 5.41) is 2.30. The zero-order chi connectivity index (χ0) is 43.7. The second-order valence-corrected chi connectivity index (χ2v) is 20.0. The van der Waals surface area contributed by atoms with Crippen LogP contribution in [0.3, 0.4) is 0 Å². The van der Waals surface area contributed by atoms with Crippen molar-refractivity contribution in [1.82, 2.24) is 0 Å². The molecule has 1 spiro atoms. The van der Waals surface area contributed by atoms with Crippen LogP contribution >= 0.6 is 0 Å². The Labute approximate surface area is 386 Å². The van der Waals surface area contributed by atoms with Gasteiger partial charge in [-0.25, -0.2) is 0 Å². The summed E-state index contributed by atoms with van der Waals surface area (Å²) in [5.74, 6) is 1.49. The molecule has 2 heteroatoms. The molecule has 4 aliphatic carbocycles. The molecule has 14 rings (SSSR count). The van der Waals surface area contributed by atoms with E-state index < -0.39 is 0 Å². The smallest absolute Gasteiger partial charge is 0.136 e. The SMILES string of the molecule is CC1(C)c2ccccc2-c2cccc(-c3ccccc3-c3ccc(N(c4cccc(-c5cccc6oc7ccccc7c56)c4)c4ccc5c(c4)C4(CC6CCC4C6)c4ccccc4-5)cc3)c21. The quantitative estimate of drug-likeness (QED) is 0.166. The summed E-state index contributed by atoms with van der Waals surface area (Å²) in [4.78, 5) is 2.50. The Morgan fingerprint density at radius 2 is 1.05 bits per heavy atom. The third-order valence-corrected chi connectivity index (χ3v) is 16.3. The predicted octanol–water partition coefficient (Wildman–Crippen LogP) is 17.4. The molecule has 2 fully saturated rings. The Morgan fingerprint density at radius 1 is 0.439 bits per heavy atom.